The van der Waals surface area contributed by atoms with Crippen LogP contribution in [0.1, 0.15) is 32.4 Å². The summed E-state index contributed by atoms with van der Waals surface area (Å²) < 4.78 is 5.17. The third-order valence-corrected chi connectivity index (χ3v) is 3.58. The predicted octanol–water partition coefficient (Wildman–Crippen LogP) is 1.92. The van der Waals surface area contributed by atoms with E-state index in [0.29, 0.717) is 12.5 Å². The number of carbonyl (C=O) groups excluding carboxylic acids is 1. The van der Waals surface area contributed by atoms with Gasteiger partial charge in [0.15, 0.2) is 0 Å². The molecular formula is C14H22N2O2. The molecule has 1 aliphatic rings. The van der Waals surface area contributed by atoms with Crippen LogP contribution in [0.4, 0.5) is 0 Å². The molecule has 2 N–H and O–H groups in total. The summed E-state index contributed by atoms with van der Waals surface area (Å²) in [6, 6.07) is 3.52. The normalized spacial score (nSPS) is 18.3. The minimum atomic E-state index is -0.152. The van der Waals surface area contributed by atoms with E-state index in [1.165, 1.54) is 12.8 Å². The lowest BCUT2D eigenvalue weighted by molar-refractivity contribution is -0.123. The smallest absolute Gasteiger partial charge is 0.237 e. The van der Waals surface area contributed by atoms with Crippen molar-refractivity contribution in [1.82, 2.24) is 10.6 Å². The van der Waals surface area contributed by atoms with E-state index in [0.717, 1.165) is 18.2 Å². The van der Waals surface area contributed by atoms with Gasteiger partial charge in [0.05, 0.1) is 18.8 Å². The Balaban J connectivity index is 1.64. The van der Waals surface area contributed by atoms with Crippen LogP contribution < -0.4 is 10.6 Å². The summed E-state index contributed by atoms with van der Waals surface area (Å²) in [5, 5.41) is 6.15. The van der Waals surface area contributed by atoms with Crippen LogP contribution in [0.15, 0.2) is 22.8 Å². The van der Waals surface area contributed by atoms with Crippen molar-refractivity contribution < 1.29 is 9.21 Å². The molecule has 2 rings (SSSR count). The van der Waals surface area contributed by atoms with E-state index in [1.807, 2.05) is 19.1 Å². The molecule has 4 heteroatoms. The van der Waals surface area contributed by atoms with E-state index in [2.05, 4.69) is 17.6 Å². The van der Waals surface area contributed by atoms with Gasteiger partial charge in [0.25, 0.3) is 0 Å². The Labute approximate surface area is 108 Å². The minimum Gasteiger partial charge on any atom is -0.467 e. The highest BCUT2D eigenvalue weighted by Gasteiger charge is 2.28. The Kier molecular flexibility index (Phi) is 4.42. The molecule has 1 heterocycles. The number of furan rings is 1. The quantitative estimate of drug-likeness (QED) is 0.777. The van der Waals surface area contributed by atoms with Gasteiger partial charge >= 0.3 is 0 Å². The lowest BCUT2D eigenvalue weighted by atomic mass is 10.1. The zero-order chi connectivity index (χ0) is 13.0. The van der Waals surface area contributed by atoms with Crippen LogP contribution in [-0.2, 0) is 11.3 Å². The second-order valence-corrected chi connectivity index (χ2v) is 5.24. The third kappa shape index (κ3) is 3.88. The van der Waals surface area contributed by atoms with Gasteiger partial charge < -0.3 is 15.1 Å². The first kappa shape index (κ1) is 13.1. The Morgan fingerprint density at radius 1 is 1.50 bits per heavy atom. The fourth-order valence-electron chi connectivity index (χ4n) is 2.03. The lowest BCUT2D eigenvalue weighted by Gasteiger charge is -2.17. The van der Waals surface area contributed by atoms with Crippen LogP contribution in [0.5, 0.6) is 0 Å². The molecule has 1 aromatic heterocycles. The fourth-order valence-corrected chi connectivity index (χ4v) is 2.03. The van der Waals surface area contributed by atoms with Gasteiger partial charge in [-0.05, 0) is 50.3 Å². The third-order valence-electron chi connectivity index (χ3n) is 3.58. The van der Waals surface area contributed by atoms with Gasteiger partial charge in [-0.2, -0.15) is 0 Å². The first-order chi connectivity index (χ1) is 8.66. The maximum atomic E-state index is 11.8. The van der Waals surface area contributed by atoms with Crippen LogP contribution in [0.3, 0.4) is 0 Å². The fraction of sp³-hybridized carbons (Fsp3) is 0.643. The van der Waals surface area contributed by atoms with Crippen molar-refractivity contribution in [1.29, 1.82) is 0 Å². The van der Waals surface area contributed by atoms with E-state index >= 15 is 0 Å². The summed E-state index contributed by atoms with van der Waals surface area (Å²) >= 11 is 0. The molecule has 0 aromatic carbocycles. The van der Waals surface area contributed by atoms with Gasteiger partial charge in [-0.25, -0.2) is 0 Å². The second-order valence-electron chi connectivity index (χ2n) is 5.24. The molecule has 2 unspecified atom stereocenters. The van der Waals surface area contributed by atoms with Gasteiger partial charge in [0.1, 0.15) is 5.76 Å². The molecule has 1 aromatic rings. The van der Waals surface area contributed by atoms with Gasteiger partial charge in [-0.15, -0.1) is 0 Å². The molecule has 0 spiro atoms. The first-order valence-electron chi connectivity index (χ1n) is 6.70. The predicted molar refractivity (Wildman–Crippen MR) is 69.9 cm³/mol. The standard InChI is InChI=1S/C14H22N2O2/c1-10(12-5-6-12)8-15-11(2)14(17)16-9-13-4-3-7-18-13/h3-4,7,10-12,15H,5-6,8-9H2,1-2H3,(H,16,17). The van der Waals surface area contributed by atoms with Crippen molar-refractivity contribution in [2.24, 2.45) is 11.8 Å². The summed E-state index contributed by atoms with van der Waals surface area (Å²) in [5.41, 5.74) is 0. The Morgan fingerprint density at radius 2 is 2.28 bits per heavy atom. The molecule has 100 valence electrons. The van der Waals surface area contributed by atoms with Crippen molar-refractivity contribution in [3.63, 3.8) is 0 Å². The van der Waals surface area contributed by atoms with Crippen molar-refractivity contribution in [3.8, 4) is 0 Å². The number of carbonyl (C=O) groups is 1. The zero-order valence-electron chi connectivity index (χ0n) is 11.1. The molecule has 0 aliphatic heterocycles. The highest BCUT2D eigenvalue weighted by Crippen LogP contribution is 2.36. The molecule has 18 heavy (non-hydrogen) atoms. The second kappa shape index (κ2) is 6.05. The van der Waals surface area contributed by atoms with E-state index in [-0.39, 0.29) is 11.9 Å². The molecule has 1 amide bonds. The number of nitrogens with one attached hydrogen (secondary N) is 2. The van der Waals surface area contributed by atoms with E-state index in [1.54, 1.807) is 6.26 Å². The van der Waals surface area contributed by atoms with Crippen molar-refractivity contribution in [2.75, 3.05) is 6.54 Å². The van der Waals surface area contributed by atoms with E-state index in [4.69, 9.17) is 4.42 Å². The molecule has 1 saturated carbocycles. The Bertz CT molecular complexity index is 371. The van der Waals surface area contributed by atoms with Crippen LogP contribution in [0.2, 0.25) is 0 Å². The Hall–Kier alpha value is -1.29. The number of hydrogen-bond acceptors (Lipinski definition) is 3. The highest BCUT2D eigenvalue weighted by molar-refractivity contribution is 5.81. The molecule has 1 fully saturated rings. The SMILES string of the molecule is CC(NCC(C)C1CC1)C(=O)NCc1ccco1. The van der Waals surface area contributed by atoms with Crippen LogP contribution >= 0.6 is 0 Å². The lowest BCUT2D eigenvalue weighted by Crippen LogP contribution is -2.43. The molecule has 0 radical (unpaired) electrons. The number of rotatable bonds is 7. The topological polar surface area (TPSA) is 54.3 Å². The number of amides is 1. The van der Waals surface area contributed by atoms with Gasteiger partial charge in [-0.3, -0.25) is 4.79 Å². The van der Waals surface area contributed by atoms with Crippen LogP contribution in [0.25, 0.3) is 0 Å². The average molecular weight is 250 g/mol. The van der Waals surface area contributed by atoms with E-state index in [9.17, 15) is 4.79 Å². The molecule has 4 nitrogen and oxygen atoms in total. The van der Waals surface area contributed by atoms with E-state index < -0.39 is 0 Å². The summed E-state index contributed by atoms with van der Waals surface area (Å²) in [4.78, 5) is 11.8. The summed E-state index contributed by atoms with van der Waals surface area (Å²) in [5.74, 6) is 2.34. The molecular weight excluding hydrogens is 228 g/mol. The molecule has 1 aliphatic carbocycles. The summed E-state index contributed by atoms with van der Waals surface area (Å²) in [6.07, 6.45) is 4.31. The van der Waals surface area contributed by atoms with Gasteiger partial charge in [-0.1, -0.05) is 6.92 Å². The number of hydrogen-bond donors (Lipinski definition) is 2. The largest absolute Gasteiger partial charge is 0.467 e. The molecule has 2 atom stereocenters. The van der Waals surface area contributed by atoms with Crippen molar-refractivity contribution in [2.45, 2.75) is 39.3 Å². The monoisotopic (exact) mass is 250 g/mol. The van der Waals surface area contributed by atoms with Crippen LogP contribution in [0, 0.1) is 11.8 Å². The highest BCUT2D eigenvalue weighted by atomic mass is 16.3. The van der Waals surface area contributed by atoms with Crippen LogP contribution in [-0.4, -0.2) is 18.5 Å². The average Bonchev–Trinajstić information content (AvgIpc) is 3.10. The maximum absolute atomic E-state index is 11.8. The summed E-state index contributed by atoms with van der Waals surface area (Å²) in [6.45, 7) is 5.52. The van der Waals surface area contributed by atoms with Crippen molar-refractivity contribution in [3.05, 3.63) is 24.2 Å². The van der Waals surface area contributed by atoms with Crippen molar-refractivity contribution >= 4 is 5.91 Å². The first-order valence-corrected chi connectivity index (χ1v) is 6.70. The molecule has 0 bridgehead atoms. The molecule has 0 saturated heterocycles. The minimum absolute atomic E-state index is 0.0226. The van der Waals surface area contributed by atoms with Gasteiger partial charge in [0, 0.05) is 0 Å². The summed E-state index contributed by atoms with van der Waals surface area (Å²) in [7, 11) is 0. The van der Waals surface area contributed by atoms with Gasteiger partial charge in [0.2, 0.25) is 5.91 Å². The zero-order valence-corrected chi connectivity index (χ0v) is 11.1. The maximum Gasteiger partial charge on any atom is 0.237 e. The Morgan fingerprint density at radius 3 is 2.89 bits per heavy atom.